The molecule has 1 saturated carbocycles. The minimum Gasteiger partial charge on any atom is -0.490 e. The zero-order chi connectivity index (χ0) is 17.4. The Bertz CT molecular complexity index is 530. The first-order valence-electron chi connectivity index (χ1n) is 9.10. The van der Waals surface area contributed by atoms with Crippen molar-refractivity contribution >= 4 is 17.3 Å². The number of nitrogens with one attached hydrogen (secondary N) is 2. The van der Waals surface area contributed by atoms with Crippen LogP contribution in [0.1, 0.15) is 64.5 Å². The van der Waals surface area contributed by atoms with Gasteiger partial charge in [0, 0.05) is 6.04 Å². The molecule has 1 aliphatic rings. The maximum atomic E-state index is 5.71. The molecule has 0 aliphatic heterocycles. The van der Waals surface area contributed by atoms with Crippen LogP contribution in [-0.4, -0.2) is 24.4 Å². The van der Waals surface area contributed by atoms with Gasteiger partial charge in [-0.2, -0.15) is 0 Å². The lowest BCUT2D eigenvalue weighted by Crippen LogP contribution is -2.43. The van der Waals surface area contributed by atoms with Gasteiger partial charge >= 0.3 is 0 Å². The third kappa shape index (κ3) is 5.55. The van der Waals surface area contributed by atoms with Gasteiger partial charge in [-0.05, 0) is 63.5 Å². The number of rotatable bonds is 7. The molecule has 0 unspecified atom stereocenters. The van der Waals surface area contributed by atoms with E-state index in [1.54, 1.807) is 0 Å². The zero-order valence-corrected chi connectivity index (χ0v) is 15.9. The lowest BCUT2D eigenvalue weighted by molar-refractivity contribution is 0.287. The maximum absolute atomic E-state index is 5.71. The zero-order valence-electron chi connectivity index (χ0n) is 15.1. The molecule has 0 saturated heterocycles. The minimum atomic E-state index is 0.114. The fourth-order valence-corrected chi connectivity index (χ4v) is 3.43. The van der Waals surface area contributed by atoms with Crippen LogP contribution in [0.3, 0.4) is 0 Å². The van der Waals surface area contributed by atoms with Crippen molar-refractivity contribution in [3.8, 4) is 11.5 Å². The summed E-state index contributed by atoms with van der Waals surface area (Å²) in [4.78, 5) is 0. The molecule has 0 spiro atoms. The molecule has 0 aromatic heterocycles. The highest BCUT2D eigenvalue weighted by molar-refractivity contribution is 7.80. The molecule has 1 aromatic carbocycles. The second kappa shape index (κ2) is 9.72. The quantitative estimate of drug-likeness (QED) is 0.716. The van der Waals surface area contributed by atoms with E-state index >= 15 is 0 Å². The molecule has 134 valence electrons. The molecule has 1 fully saturated rings. The Hall–Kier alpha value is -1.49. The monoisotopic (exact) mass is 350 g/mol. The van der Waals surface area contributed by atoms with Crippen LogP contribution in [0.5, 0.6) is 11.5 Å². The van der Waals surface area contributed by atoms with Gasteiger partial charge in [0.15, 0.2) is 16.6 Å². The largest absolute Gasteiger partial charge is 0.490 e. The highest BCUT2D eigenvalue weighted by Gasteiger charge is 2.16. The van der Waals surface area contributed by atoms with E-state index in [-0.39, 0.29) is 6.04 Å². The summed E-state index contributed by atoms with van der Waals surface area (Å²) in [5.74, 6) is 1.58. The predicted molar refractivity (Wildman–Crippen MR) is 103 cm³/mol. The molecule has 2 N–H and O–H groups in total. The first kappa shape index (κ1) is 18.8. The minimum absolute atomic E-state index is 0.114. The average molecular weight is 351 g/mol. The second-order valence-electron chi connectivity index (χ2n) is 6.25. The number of benzene rings is 1. The normalized spacial score (nSPS) is 16.3. The van der Waals surface area contributed by atoms with Crippen molar-refractivity contribution in [1.29, 1.82) is 0 Å². The van der Waals surface area contributed by atoms with Crippen LogP contribution < -0.4 is 20.1 Å². The molecule has 0 heterocycles. The van der Waals surface area contributed by atoms with E-state index in [1.165, 1.54) is 32.1 Å². The van der Waals surface area contributed by atoms with E-state index in [9.17, 15) is 0 Å². The molecule has 1 atom stereocenters. The fraction of sp³-hybridized carbons (Fsp3) is 0.632. The van der Waals surface area contributed by atoms with Gasteiger partial charge in [0.1, 0.15) is 0 Å². The summed E-state index contributed by atoms with van der Waals surface area (Å²) in [6.07, 6.45) is 6.38. The highest BCUT2D eigenvalue weighted by Crippen LogP contribution is 2.30. The average Bonchev–Trinajstić information content (AvgIpc) is 2.57. The summed E-state index contributed by atoms with van der Waals surface area (Å²) in [6, 6.07) is 6.71. The van der Waals surface area contributed by atoms with Crippen molar-refractivity contribution in [3.63, 3.8) is 0 Å². The summed E-state index contributed by atoms with van der Waals surface area (Å²) >= 11 is 5.48. The Labute approximate surface area is 151 Å². The molecular weight excluding hydrogens is 320 g/mol. The van der Waals surface area contributed by atoms with E-state index in [0.717, 1.165) is 22.2 Å². The van der Waals surface area contributed by atoms with Gasteiger partial charge in [-0.3, -0.25) is 0 Å². The fourth-order valence-electron chi connectivity index (χ4n) is 3.09. The van der Waals surface area contributed by atoms with Gasteiger partial charge < -0.3 is 20.1 Å². The molecule has 0 radical (unpaired) electrons. The molecule has 5 heteroatoms. The van der Waals surface area contributed by atoms with Crippen LogP contribution in [0.15, 0.2) is 18.2 Å². The summed E-state index contributed by atoms with van der Waals surface area (Å²) < 4.78 is 11.3. The van der Waals surface area contributed by atoms with Crippen LogP contribution in [0, 0.1) is 0 Å². The van der Waals surface area contributed by atoms with Gasteiger partial charge in [0.05, 0.1) is 19.3 Å². The van der Waals surface area contributed by atoms with Crippen LogP contribution in [0.2, 0.25) is 0 Å². The Morgan fingerprint density at radius 2 is 1.79 bits per heavy atom. The Kier molecular flexibility index (Phi) is 7.63. The highest BCUT2D eigenvalue weighted by atomic mass is 32.1. The van der Waals surface area contributed by atoms with E-state index in [4.69, 9.17) is 21.7 Å². The van der Waals surface area contributed by atoms with Gasteiger partial charge in [0.25, 0.3) is 0 Å². The molecule has 0 amide bonds. The second-order valence-corrected chi connectivity index (χ2v) is 6.65. The molecule has 1 aromatic rings. The number of hydrogen-bond donors (Lipinski definition) is 2. The maximum Gasteiger partial charge on any atom is 0.166 e. The van der Waals surface area contributed by atoms with Crippen LogP contribution in [-0.2, 0) is 0 Å². The van der Waals surface area contributed by atoms with Gasteiger partial charge in [-0.15, -0.1) is 0 Å². The van der Waals surface area contributed by atoms with E-state index in [2.05, 4.69) is 23.6 Å². The third-order valence-electron chi connectivity index (χ3n) is 4.36. The summed E-state index contributed by atoms with van der Waals surface area (Å²) in [5.41, 5.74) is 1.13. The molecule has 0 bridgehead atoms. The van der Waals surface area contributed by atoms with Gasteiger partial charge in [-0.1, -0.05) is 25.3 Å². The Morgan fingerprint density at radius 3 is 2.46 bits per heavy atom. The summed E-state index contributed by atoms with van der Waals surface area (Å²) in [7, 11) is 0. The molecule has 2 rings (SSSR count). The number of hydrogen-bond acceptors (Lipinski definition) is 3. The van der Waals surface area contributed by atoms with E-state index in [1.807, 2.05) is 26.0 Å². The number of thiocarbonyl (C=S) groups is 1. The van der Waals surface area contributed by atoms with Crippen molar-refractivity contribution in [3.05, 3.63) is 23.8 Å². The van der Waals surface area contributed by atoms with Gasteiger partial charge in [0.2, 0.25) is 0 Å². The van der Waals surface area contributed by atoms with Crippen molar-refractivity contribution in [2.45, 2.75) is 65.0 Å². The van der Waals surface area contributed by atoms with E-state index in [0.29, 0.717) is 19.3 Å². The van der Waals surface area contributed by atoms with Crippen molar-refractivity contribution in [1.82, 2.24) is 10.6 Å². The summed E-state index contributed by atoms with van der Waals surface area (Å²) in [5, 5.41) is 7.58. The molecule has 1 aliphatic carbocycles. The Morgan fingerprint density at radius 1 is 1.12 bits per heavy atom. The first-order chi connectivity index (χ1) is 11.6. The molecule has 24 heavy (non-hydrogen) atoms. The summed E-state index contributed by atoms with van der Waals surface area (Å²) in [6.45, 7) is 7.31. The lowest BCUT2D eigenvalue weighted by Gasteiger charge is -2.26. The SMILES string of the molecule is CCOc1ccc([C@@H](C)NC(=S)NC2CCCCC2)cc1OCC. The standard InChI is InChI=1S/C19H30N2O2S/c1-4-22-17-12-11-15(13-18(17)23-5-2)14(3)20-19(24)21-16-9-7-6-8-10-16/h11-14,16H,4-10H2,1-3H3,(H2,20,21,24)/t14-/m1/s1. The third-order valence-corrected chi connectivity index (χ3v) is 4.59. The van der Waals surface area contributed by atoms with Crippen LogP contribution in [0.25, 0.3) is 0 Å². The Balaban J connectivity index is 1.96. The topological polar surface area (TPSA) is 42.5 Å². The number of ether oxygens (including phenoxy) is 2. The van der Waals surface area contributed by atoms with Crippen molar-refractivity contribution in [2.24, 2.45) is 0 Å². The molecule has 4 nitrogen and oxygen atoms in total. The lowest BCUT2D eigenvalue weighted by atomic mass is 9.96. The van der Waals surface area contributed by atoms with Crippen LogP contribution >= 0.6 is 12.2 Å². The first-order valence-corrected chi connectivity index (χ1v) is 9.51. The predicted octanol–water partition coefficient (Wildman–Crippen LogP) is 4.34. The van der Waals surface area contributed by atoms with Crippen molar-refractivity contribution in [2.75, 3.05) is 13.2 Å². The van der Waals surface area contributed by atoms with Crippen LogP contribution in [0.4, 0.5) is 0 Å². The molecular formula is C19H30N2O2S. The van der Waals surface area contributed by atoms with Crippen molar-refractivity contribution < 1.29 is 9.47 Å². The smallest absolute Gasteiger partial charge is 0.166 e. The van der Waals surface area contributed by atoms with Gasteiger partial charge in [-0.25, -0.2) is 0 Å². The van der Waals surface area contributed by atoms with E-state index < -0.39 is 0 Å².